The van der Waals surface area contributed by atoms with Crippen molar-refractivity contribution in [3.05, 3.63) is 42.4 Å². The minimum absolute atomic E-state index is 0.152. The Balaban J connectivity index is 1.69. The number of ether oxygens (including phenoxy) is 1. The fraction of sp³-hybridized carbons (Fsp3) is 0.294. The minimum Gasteiger partial charge on any atom is -0.468 e. The Morgan fingerprint density at radius 3 is 2.63 bits per heavy atom. The summed E-state index contributed by atoms with van der Waals surface area (Å²) in [5, 5.41) is 7.69. The highest BCUT2D eigenvalue weighted by Crippen LogP contribution is 2.20. The molecule has 0 bridgehead atoms. The largest absolute Gasteiger partial charge is 0.468 e. The molecule has 3 heterocycles. The van der Waals surface area contributed by atoms with E-state index >= 15 is 0 Å². The number of hydrogen-bond acceptors (Lipinski definition) is 5. The molecule has 3 aromatic heterocycles. The van der Waals surface area contributed by atoms with Gasteiger partial charge in [-0.1, -0.05) is 0 Å². The van der Waals surface area contributed by atoms with Gasteiger partial charge in [0, 0.05) is 23.7 Å². The Bertz CT molecular complexity index is 951. The van der Waals surface area contributed by atoms with Crippen molar-refractivity contribution in [2.24, 2.45) is 0 Å². The zero-order valence-corrected chi connectivity index (χ0v) is 14.5. The second-order valence-corrected chi connectivity index (χ2v) is 6.06. The number of nitrogens with one attached hydrogen (secondary N) is 1. The first-order valence-corrected chi connectivity index (χ1v) is 8.03. The highest BCUT2D eigenvalue weighted by atomic mass is 19.4. The molecule has 0 radical (unpaired) electrons. The van der Waals surface area contributed by atoms with Gasteiger partial charge in [0.1, 0.15) is 0 Å². The summed E-state index contributed by atoms with van der Waals surface area (Å²) in [6, 6.07) is 4.42. The molecule has 0 aliphatic carbocycles. The molecule has 7 nitrogen and oxygen atoms in total. The van der Waals surface area contributed by atoms with E-state index in [1.54, 1.807) is 16.9 Å². The number of pyridine rings is 2. The van der Waals surface area contributed by atoms with Gasteiger partial charge in [-0.25, -0.2) is 14.6 Å². The van der Waals surface area contributed by atoms with Gasteiger partial charge in [0.25, 0.3) is 5.91 Å². The first kappa shape index (κ1) is 18.6. The predicted molar refractivity (Wildman–Crippen MR) is 91.7 cm³/mol. The highest BCUT2D eigenvalue weighted by molar-refractivity contribution is 6.04. The van der Waals surface area contributed by atoms with Gasteiger partial charge < -0.3 is 10.1 Å². The Labute approximate surface area is 152 Å². The quantitative estimate of drug-likeness (QED) is 0.733. The van der Waals surface area contributed by atoms with E-state index in [9.17, 15) is 18.0 Å². The van der Waals surface area contributed by atoms with Gasteiger partial charge in [0.05, 0.1) is 23.6 Å². The minimum atomic E-state index is -4.45. The van der Waals surface area contributed by atoms with Crippen LogP contribution in [-0.4, -0.2) is 38.4 Å². The monoisotopic (exact) mass is 379 g/mol. The maximum absolute atomic E-state index is 12.3. The number of amides is 1. The lowest BCUT2D eigenvalue weighted by Gasteiger charge is -2.09. The van der Waals surface area contributed by atoms with E-state index in [1.807, 2.05) is 13.8 Å². The topological polar surface area (TPSA) is 81.9 Å². The third-order valence-electron chi connectivity index (χ3n) is 3.56. The van der Waals surface area contributed by atoms with Gasteiger partial charge in [-0.15, -0.1) is 0 Å². The summed E-state index contributed by atoms with van der Waals surface area (Å²) in [4.78, 5) is 20.3. The van der Waals surface area contributed by atoms with Crippen LogP contribution in [0.5, 0.6) is 5.88 Å². The summed E-state index contributed by atoms with van der Waals surface area (Å²) in [6.07, 6.45) is -0.141. The molecule has 0 spiro atoms. The molecule has 0 fully saturated rings. The summed E-state index contributed by atoms with van der Waals surface area (Å²) in [5.41, 5.74) is 1.34. The van der Waals surface area contributed by atoms with Gasteiger partial charge in [0.15, 0.2) is 12.3 Å². The van der Waals surface area contributed by atoms with Crippen molar-refractivity contribution in [3.63, 3.8) is 0 Å². The first-order chi connectivity index (χ1) is 12.7. The fourth-order valence-electron chi connectivity index (χ4n) is 2.35. The molecule has 27 heavy (non-hydrogen) atoms. The zero-order chi connectivity index (χ0) is 19.6. The molecule has 0 saturated carbocycles. The molecule has 0 saturated heterocycles. The van der Waals surface area contributed by atoms with Crippen LogP contribution in [0.15, 0.2) is 36.8 Å². The van der Waals surface area contributed by atoms with Crippen LogP contribution in [-0.2, 0) is 0 Å². The Morgan fingerprint density at radius 2 is 2.00 bits per heavy atom. The third kappa shape index (κ3) is 4.52. The van der Waals surface area contributed by atoms with Crippen LogP contribution in [0.4, 0.5) is 18.9 Å². The summed E-state index contributed by atoms with van der Waals surface area (Å²) in [5.74, 6) is -0.685. The van der Waals surface area contributed by atoms with Gasteiger partial charge in [-0.2, -0.15) is 18.3 Å². The normalized spacial score (nSPS) is 11.8. The molecule has 3 rings (SSSR count). The summed E-state index contributed by atoms with van der Waals surface area (Å²) in [6.45, 7) is 2.53. The van der Waals surface area contributed by atoms with E-state index in [0.717, 1.165) is 11.6 Å². The molecule has 3 aromatic rings. The van der Waals surface area contributed by atoms with Gasteiger partial charge in [-0.05, 0) is 26.0 Å². The van der Waals surface area contributed by atoms with E-state index in [-0.39, 0.29) is 17.5 Å². The lowest BCUT2D eigenvalue weighted by Crippen LogP contribution is -2.19. The lowest BCUT2D eigenvalue weighted by molar-refractivity contribution is -0.154. The number of aromatic nitrogens is 4. The average Bonchev–Trinajstić information content (AvgIpc) is 3.03. The van der Waals surface area contributed by atoms with Crippen molar-refractivity contribution in [2.45, 2.75) is 26.1 Å². The summed E-state index contributed by atoms with van der Waals surface area (Å²) in [7, 11) is 0. The molecular weight excluding hydrogens is 363 g/mol. The van der Waals surface area contributed by atoms with Crippen molar-refractivity contribution < 1.29 is 22.7 Å². The number of nitrogens with zero attached hydrogens (tertiary/aromatic N) is 4. The van der Waals surface area contributed by atoms with E-state index in [1.165, 1.54) is 18.3 Å². The second-order valence-electron chi connectivity index (χ2n) is 6.06. The van der Waals surface area contributed by atoms with Crippen LogP contribution in [0.2, 0.25) is 0 Å². The maximum Gasteiger partial charge on any atom is 0.422 e. The molecular formula is C17H16F3N5O2. The Hall–Kier alpha value is -3.17. The number of carbonyl (C=O) groups excluding carboxylic acids is 1. The van der Waals surface area contributed by atoms with E-state index < -0.39 is 18.7 Å². The number of carbonyl (C=O) groups is 1. The van der Waals surface area contributed by atoms with E-state index in [0.29, 0.717) is 11.3 Å². The second kappa shape index (κ2) is 7.22. The fourth-order valence-corrected chi connectivity index (χ4v) is 2.35. The van der Waals surface area contributed by atoms with Gasteiger partial charge in [-0.3, -0.25) is 4.79 Å². The van der Waals surface area contributed by atoms with Crippen LogP contribution in [0.1, 0.15) is 30.2 Å². The molecule has 1 amide bonds. The van der Waals surface area contributed by atoms with Crippen molar-refractivity contribution in [1.82, 2.24) is 19.7 Å². The highest BCUT2D eigenvalue weighted by Gasteiger charge is 2.28. The number of fused-ring (bicyclic) bond motifs is 1. The maximum atomic E-state index is 12.3. The van der Waals surface area contributed by atoms with E-state index in [4.69, 9.17) is 0 Å². The number of halogens is 3. The number of hydrogen-bond donors (Lipinski definition) is 1. The van der Waals surface area contributed by atoms with Crippen molar-refractivity contribution in [3.8, 4) is 5.88 Å². The summed E-state index contributed by atoms with van der Waals surface area (Å²) < 4.78 is 42.6. The van der Waals surface area contributed by atoms with Crippen LogP contribution in [0.3, 0.4) is 0 Å². The van der Waals surface area contributed by atoms with Crippen molar-refractivity contribution in [1.29, 1.82) is 0 Å². The average molecular weight is 379 g/mol. The lowest BCUT2D eigenvalue weighted by atomic mass is 10.2. The van der Waals surface area contributed by atoms with E-state index in [2.05, 4.69) is 25.1 Å². The van der Waals surface area contributed by atoms with Gasteiger partial charge in [0.2, 0.25) is 5.88 Å². The smallest absolute Gasteiger partial charge is 0.422 e. The zero-order valence-electron chi connectivity index (χ0n) is 14.5. The third-order valence-corrected chi connectivity index (χ3v) is 3.56. The SMILES string of the molecule is CC(C)n1ncc2cc(NC(=O)c3ccc(OCC(F)(F)F)nc3)cnc21. The number of alkyl halides is 3. The molecule has 10 heteroatoms. The Kier molecular flexibility index (Phi) is 4.98. The predicted octanol–water partition coefficient (Wildman–Crippen LogP) is 3.60. The van der Waals surface area contributed by atoms with Crippen molar-refractivity contribution >= 4 is 22.6 Å². The standard InChI is InChI=1S/C17H16F3N5O2/c1-10(2)25-15-12(7-23-25)5-13(8-22-15)24-16(26)11-3-4-14(21-6-11)27-9-17(18,19)20/h3-8,10H,9H2,1-2H3,(H,24,26). The number of anilines is 1. The first-order valence-electron chi connectivity index (χ1n) is 8.03. The van der Waals surface area contributed by atoms with Crippen LogP contribution in [0.25, 0.3) is 11.0 Å². The van der Waals surface area contributed by atoms with Crippen LogP contribution < -0.4 is 10.1 Å². The van der Waals surface area contributed by atoms with Gasteiger partial charge >= 0.3 is 6.18 Å². The molecule has 0 atom stereocenters. The molecule has 0 aromatic carbocycles. The molecule has 142 valence electrons. The molecule has 1 N–H and O–H groups in total. The van der Waals surface area contributed by atoms with Crippen molar-refractivity contribution in [2.75, 3.05) is 11.9 Å². The Morgan fingerprint density at radius 1 is 1.22 bits per heavy atom. The molecule has 0 aliphatic heterocycles. The number of rotatable bonds is 5. The molecule has 0 unspecified atom stereocenters. The van der Waals surface area contributed by atoms with Crippen LogP contribution >= 0.6 is 0 Å². The molecule has 0 aliphatic rings. The summed E-state index contributed by atoms with van der Waals surface area (Å²) >= 11 is 0. The van der Waals surface area contributed by atoms with Crippen LogP contribution in [0, 0.1) is 0 Å².